The van der Waals surface area contributed by atoms with Crippen molar-refractivity contribution in [1.29, 1.82) is 0 Å². The molecule has 1 fully saturated rings. The van der Waals surface area contributed by atoms with Gasteiger partial charge >= 0.3 is 0 Å². The van der Waals surface area contributed by atoms with Crippen LogP contribution in [0.2, 0.25) is 5.02 Å². The molecule has 0 saturated carbocycles. The van der Waals surface area contributed by atoms with Gasteiger partial charge in [0.2, 0.25) is 5.91 Å². The Labute approximate surface area is 130 Å². The number of morpholine rings is 1. The zero-order chi connectivity index (χ0) is 13.7. The Morgan fingerprint density at radius 3 is 3.05 bits per heavy atom. The van der Waals surface area contributed by atoms with Gasteiger partial charge in [0.1, 0.15) is 0 Å². The summed E-state index contributed by atoms with van der Waals surface area (Å²) < 4.78 is 5.33. The molecule has 1 saturated heterocycles. The Balaban J connectivity index is 0.00000200. The lowest BCUT2D eigenvalue weighted by Crippen LogP contribution is -2.44. The molecule has 0 spiro atoms. The molecule has 1 aliphatic heterocycles. The Morgan fingerprint density at radius 1 is 1.60 bits per heavy atom. The fourth-order valence-corrected chi connectivity index (χ4v) is 2.33. The zero-order valence-electron chi connectivity index (χ0n) is 11.4. The third-order valence-electron chi connectivity index (χ3n) is 3.16. The second kappa shape index (κ2) is 8.47. The first-order valence-corrected chi connectivity index (χ1v) is 6.89. The molecule has 6 heteroatoms. The van der Waals surface area contributed by atoms with Gasteiger partial charge in [0.05, 0.1) is 19.3 Å². The van der Waals surface area contributed by atoms with Crippen molar-refractivity contribution in [3.8, 4) is 0 Å². The number of halogens is 2. The van der Waals surface area contributed by atoms with Crippen molar-refractivity contribution >= 4 is 29.9 Å². The lowest BCUT2D eigenvalue weighted by Gasteiger charge is -2.24. The molecule has 2 N–H and O–H groups in total. The van der Waals surface area contributed by atoms with Crippen LogP contribution in [-0.4, -0.2) is 31.7 Å². The first-order chi connectivity index (χ1) is 9.15. The van der Waals surface area contributed by atoms with E-state index in [4.69, 9.17) is 16.3 Å². The third kappa shape index (κ3) is 5.29. The molecule has 0 aromatic heterocycles. The average molecular weight is 319 g/mol. The van der Waals surface area contributed by atoms with Gasteiger partial charge in [-0.15, -0.1) is 12.4 Å². The SMILES string of the molecule is CC(NC(=O)CC1COCCN1)c1cccc(Cl)c1.Cl. The smallest absolute Gasteiger partial charge is 0.222 e. The van der Waals surface area contributed by atoms with Gasteiger partial charge in [-0.2, -0.15) is 0 Å². The Kier molecular flexibility index (Phi) is 7.30. The first kappa shape index (κ1) is 17.2. The maximum absolute atomic E-state index is 11.9. The molecular weight excluding hydrogens is 299 g/mol. The van der Waals surface area contributed by atoms with Crippen LogP contribution < -0.4 is 10.6 Å². The molecule has 2 rings (SSSR count). The number of ether oxygens (including phenoxy) is 1. The number of nitrogens with one attached hydrogen (secondary N) is 2. The van der Waals surface area contributed by atoms with Crippen molar-refractivity contribution in [3.63, 3.8) is 0 Å². The molecule has 4 nitrogen and oxygen atoms in total. The number of carbonyl (C=O) groups excluding carboxylic acids is 1. The highest BCUT2D eigenvalue weighted by molar-refractivity contribution is 6.30. The molecule has 0 bridgehead atoms. The highest BCUT2D eigenvalue weighted by Crippen LogP contribution is 2.17. The van der Waals surface area contributed by atoms with Crippen molar-refractivity contribution in [1.82, 2.24) is 10.6 Å². The zero-order valence-corrected chi connectivity index (χ0v) is 13.0. The lowest BCUT2D eigenvalue weighted by atomic mass is 10.1. The average Bonchev–Trinajstić information content (AvgIpc) is 2.39. The number of hydrogen-bond acceptors (Lipinski definition) is 3. The largest absolute Gasteiger partial charge is 0.378 e. The molecule has 112 valence electrons. The second-order valence-corrected chi connectivity index (χ2v) is 5.21. The van der Waals surface area contributed by atoms with Gasteiger partial charge in [-0.3, -0.25) is 4.79 Å². The predicted molar refractivity (Wildman–Crippen MR) is 82.5 cm³/mol. The fraction of sp³-hybridized carbons (Fsp3) is 0.500. The van der Waals surface area contributed by atoms with Gasteiger partial charge in [0.25, 0.3) is 0 Å². The van der Waals surface area contributed by atoms with Crippen molar-refractivity contribution in [2.75, 3.05) is 19.8 Å². The van der Waals surface area contributed by atoms with Gasteiger partial charge in [0.15, 0.2) is 0 Å². The number of carbonyl (C=O) groups is 1. The summed E-state index contributed by atoms with van der Waals surface area (Å²) in [7, 11) is 0. The van der Waals surface area contributed by atoms with E-state index in [1.165, 1.54) is 0 Å². The Hall–Kier alpha value is -0.810. The molecule has 1 amide bonds. The maximum Gasteiger partial charge on any atom is 0.222 e. The molecule has 1 aromatic rings. The molecule has 0 aliphatic carbocycles. The molecule has 2 atom stereocenters. The monoisotopic (exact) mass is 318 g/mol. The summed E-state index contributed by atoms with van der Waals surface area (Å²) in [5, 5.41) is 6.92. The van der Waals surface area contributed by atoms with E-state index in [0.29, 0.717) is 18.1 Å². The topological polar surface area (TPSA) is 50.4 Å². The van der Waals surface area contributed by atoms with Gasteiger partial charge in [-0.1, -0.05) is 23.7 Å². The summed E-state index contributed by atoms with van der Waals surface area (Å²) in [5.41, 5.74) is 1.01. The van der Waals surface area contributed by atoms with E-state index < -0.39 is 0 Å². The standard InChI is InChI=1S/C14H19ClN2O2.ClH/c1-10(11-3-2-4-12(15)7-11)17-14(18)8-13-9-19-6-5-16-13;/h2-4,7,10,13,16H,5-6,8-9H2,1H3,(H,17,18);1H. The van der Waals surface area contributed by atoms with Crippen LogP contribution in [0.3, 0.4) is 0 Å². The van der Waals surface area contributed by atoms with Gasteiger partial charge in [-0.05, 0) is 24.6 Å². The van der Waals surface area contributed by atoms with Gasteiger partial charge in [0, 0.05) is 24.0 Å². The van der Waals surface area contributed by atoms with Gasteiger partial charge < -0.3 is 15.4 Å². The van der Waals surface area contributed by atoms with E-state index in [9.17, 15) is 4.79 Å². The minimum absolute atomic E-state index is 0. The third-order valence-corrected chi connectivity index (χ3v) is 3.39. The predicted octanol–water partition coefficient (Wildman–Crippen LogP) is 2.32. The summed E-state index contributed by atoms with van der Waals surface area (Å²) >= 11 is 5.94. The number of amides is 1. The molecule has 20 heavy (non-hydrogen) atoms. The summed E-state index contributed by atoms with van der Waals surface area (Å²) in [5.74, 6) is 0.0236. The Morgan fingerprint density at radius 2 is 2.40 bits per heavy atom. The van der Waals surface area contributed by atoms with Crippen LogP contribution in [0.25, 0.3) is 0 Å². The van der Waals surface area contributed by atoms with Crippen LogP contribution in [-0.2, 0) is 9.53 Å². The molecule has 2 unspecified atom stereocenters. The van der Waals surface area contributed by atoms with Crippen LogP contribution >= 0.6 is 24.0 Å². The quantitative estimate of drug-likeness (QED) is 0.895. The van der Waals surface area contributed by atoms with Crippen molar-refractivity contribution in [3.05, 3.63) is 34.9 Å². The minimum Gasteiger partial charge on any atom is -0.378 e. The van der Waals surface area contributed by atoms with Crippen LogP contribution in [0.1, 0.15) is 24.9 Å². The minimum atomic E-state index is -0.0456. The van der Waals surface area contributed by atoms with Crippen LogP contribution in [0.4, 0.5) is 0 Å². The first-order valence-electron chi connectivity index (χ1n) is 6.51. The maximum atomic E-state index is 11.9. The van der Waals surface area contributed by atoms with E-state index >= 15 is 0 Å². The molecule has 1 heterocycles. The summed E-state index contributed by atoms with van der Waals surface area (Å²) in [4.78, 5) is 11.9. The molecule has 1 aliphatic rings. The molecule has 1 aromatic carbocycles. The van der Waals surface area contributed by atoms with E-state index in [0.717, 1.165) is 18.7 Å². The van der Waals surface area contributed by atoms with Crippen molar-refractivity contribution in [2.45, 2.75) is 25.4 Å². The summed E-state index contributed by atoms with van der Waals surface area (Å²) in [6.07, 6.45) is 0.435. The Bertz CT molecular complexity index is 437. The van der Waals surface area contributed by atoms with Crippen molar-refractivity contribution < 1.29 is 9.53 Å². The number of rotatable bonds is 4. The normalized spacial score (nSPS) is 19.8. The van der Waals surface area contributed by atoms with E-state index in [-0.39, 0.29) is 30.4 Å². The van der Waals surface area contributed by atoms with E-state index in [2.05, 4.69) is 10.6 Å². The second-order valence-electron chi connectivity index (χ2n) is 4.77. The fourth-order valence-electron chi connectivity index (χ4n) is 2.13. The molecule has 0 radical (unpaired) electrons. The molecular formula is C14H20Cl2N2O2. The lowest BCUT2D eigenvalue weighted by molar-refractivity contribution is -0.122. The highest BCUT2D eigenvalue weighted by atomic mass is 35.5. The van der Waals surface area contributed by atoms with E-state index in [1.54, 1.807) is 0 Å². The van der Waals surface area contributed by atoms with E-state index in [1.807, 2.05) is 31.2 Å². The number of hydrogen-bond donors (Lipinski definition) is 2. The highest BCUT2D eigenvalue weighted by Gasteiger charge is 2.18. The van der Waals surface area contributed by atoms with Gasteiger partial charge in [-0.25, -0.2) is 0 Å². The van der Waals surface area contributed by atoms with Crippen LogP contribution in [0.5, 0.6) is 0 Å². The van der Waals surface area contributed by atoms with Crippen LogP contribution in [0, 0.1) is 0 Å². The van der Waals surface area contributed by atoms with Crippen molar-refractivity contribution in [2.24, 2.45) is 0 Å². The summed E-state index contributed by atoms with van der Waals surface area (Å²) in [6.45, 7) is 4.08. The number of benzene rings is 1. The summed E-state index contributed by atoms with van der Waals surface area (Å²) in [6, 6.07) is 7.60. The van der Waals surface area contributed by atoms with Crippen LogP contribution in [0.15, 0.2) is 24.3 Å².